The molecule has 33 heavy (non-hydrogen) atoms. The van der Waals surface area contributed by atoms with E-state index in [1.165, 1.54) is 0 Å². The smallest absolute Gasteiger partial charge is 0.322 e. The van der Waals surface area contributed by atoms with Crippen LogP contribution in [-0.2, 0) is 19.7 Å². The molecule has 2 amide bonds. The van der Waals surface area contributed by atoms with Gasteiger partial charge in [-0.25, -0.2) is 4.79 Å². The molecule has 4 aromatic carbocycles. The number of hydrogen-bond acceptors (Lipinski definition) is 2. The van der Waals surface area contributed by atoms with E-state index in [9.17, 15) is 4.79 Å². The van der Waals surface area contributed by atoms with Crippen LogP contribution in [0.25, 0.3) is 0 Å². The summed E-state index contributed by atoms with van der Waals surface area (Å²) in [5, 5.41) is 3.53. The average Bonchev–Trinajstić information content (AvgIpc) is 2.84. The molecule has 4 aromatic rings. The second-order valence-corrected chi connectivity index (χ2v) is 8.14. The van der Waals surface area contributed by atoms with Crippen LogP contribution in [0.1, 0.15) is 16.7 Å². The van der Waals surface area contributed by atoms with Crippen molar-refractivity contribution >= 4 is 23.3 Å². The zero-order valence-electron chi connectivity index (χ0n) is 18.2. The Hall–Kier alpha value is -3.76. The van der Waals surface area contributed by atoms with Crippen molar-refractivity contribution in [3.8, 4) is 5.75 Å². The third-order valence-electron chi connectivity index (χ3n) is 5.12. The van der Waals surface area contributed by atoms with E-state index in [-0.39, 0.29) is 6.03 Å². The number of nitrogens with one attached hydrogen (secondary N) is 1. The molecule has 1 N–H and O–H groups in total. The van der Waals surface area contributed by atoms with E-state index in [4.69, 9.17) is 16.3 Å². The average molecular weight is 457 g/mol. The lowest BCUT2D eigenvalue weighted by Gasteiger charge is -2.24. The van der Waals surface area contributed by atoms with Gasteiger partial charge in [0.15, 0.2) is 0 Å². The Kier molecular flexibility index (Phi) is 7.62. The first-order valence-electron chi connectivity index (χ1n) is 10.8. The molecule has 0 aromatic heterocycles. The molecule has 0 spiro atoms. The fraction of sp³-hybridized carbons (Fsp3) is 0.107. The van der Waals surface area contributed by atoms with Gasteiger partial charge in [-0.15, -0.1) is 0 Å². The maximum atomic E-state index is 13.1. The van der Waals surface area contributed by atoms with Crippen molar-refractivity contribution in [3.05, 3.63) is 131 Å². The summed E-state index contributed by atoms with van der Waals surface area (Å²) >= 11 is 6.07. The topological polar surface area (TPSA) is 41.6 Å². The largest absolute Gasteiger partial charge is 0.489 e. The number of benzene rings is 4. The number of rotatable bonds is 8. The number of anilines is 1. The van der Waals surface area contributed by atoms with E-state index in [0.29, 0.717) is 30.4 Å². The lowest BCUT2D eigenvalue weighted by atomic mass is 10.1. The number of urea groups is 1. The summed E-state index contributed by atoms with van der Waals surface area (Å²) in [5.41, 5.74) is 3.85. The van der Waals surface area contributed by atoms with Crippen molar-refractivity contribution in [1.29, 1.82) is 0 Å². The maximum absolute atomic E-state index is 13.1. The highest BCUT2D eigenvalue weighted by atomic mass is 35.5. The molecule has 0 saturated carbocycles. The Bertz CT molecular complexity index is 1170. The number of hydrogen-bond donors (Lipinski definition) is 1. The molecule has 5 heteroatoms. The molecular formula is C28H25ClN2O2. The van der Waals surface area contributed by atoms with Gasteiger partial charge in [0.1, 0.15) is 12.4 Å². The van der Waals surface area contributed by atoms with Gasteiger partial charge >= 0.3 is 6.03 Å². The van der Waals surface area contributed by atoms with Crippen LogP contribution in [0.15, 0.2) is 109 Å². The third-order valence-corrected chi connectivity index (χ3v) is 5.36. The van der Waals surface area contributed by atoms with Gasteiger partial charge in [-0.3, -0.25) is 0 Å². The fourth-order valence-electron chi connectivity index (χ4n) is 3.42. The van der Waals surface area contributed by atoms with E-state index < -0.39 is 0 Å². The van der Waals surface area contributed by atoms with Gasteiger partial charge in [0.05, 0.1) is 0 Å². The van der Waals surface area contributed by atoms with E-state index in [2.05, 4.69) is 5.32 Å². The molecule has 0 atom stereocenters. The van der Waals surface area contributed by atoms with Gasteiger partial charge in [-0.05, 0) is 47.0 Å². The second kappa shape index (κ2) is 11.2. The highest BCUT2D eigenvalue weighted by Crippen LogP contribution is 2.19. The first-order valence-corrected chi connectivity index (χ1v) is 11.1. The van der Waals surface area contributed by atoms with Crippen molar-refractivity contribution in [3.63, 3.8) is 0 Å². The Morgan fingerprint density at radius 2 is 1.33 bits per heavy atom. The standard InChI is InChI=1S/C28H25ClN2O2/c29-25-12-7-13-26(18-25)30-28(32)31(19-22-8-3-1-4-9-22)20-23-14-16-27(17-15-23)33-21-24-10-5-2-6-11-24/h1-18H,19-21H2,(H,30,32). The van der Waals surface area contributed by atoms with Crippen molar-refractivity contribution in [2.75, 3.05) is 5.32 Å². The van der Waals surface area contributed by atoms with Crippen molar-refractivity contribution in [1.82, 2.24) is 4.90 Å². The second-order valence-electron chi connectivity index (χ2n) is 7.70. The number of carbonyl (C=O) groups is 1. The Labute approximate surface area is 199 Å². The number of amides is 2. The molecule has 4 nitrogen and oxygen atoms in total. The maximum Gasteiger partial charge on any atom is 0.322 e. The third kappa shape index (κ3) is 6.86. The lowest BCUT2D eigenvalue weighted by Crippen LogP contribution is -2.34. The van der Waals surface area contributed by atoms with Crippen LogP contribution >= 0.6 is 11.6 Å². The van der Waals surface area contributed by atoms with E-state index in [1.54, 1.807) is 17.0 Å². The quantitative estimate of drug-likeness (QED) is 0.306. The molecule has 0 fully saturated rings. The zero-order chi connectivity index (χ0) is 22.9. The highest BCUT2D eigenvalue weighted by molar-refractivity contribution is 6.30. The lowest BCUT2D eigenvalue weighted by molar-refractivity contribution is 0.206. The Morgan fingerprint density at radius 3 is 1.97 bits per heavy atom. The van der Waals surface area contributed by atoms with Gasteiger partial charge in [0.25, 0.3) is 0 Å². The minimum atomic E-state index is -0.189. The highest BCUT2D eigenvalue weighted by Gasteiger charge is 2.15. The minimum Gasteiger partial charge on any atom is -0.489 e. The van der Waals surface area contributed by atoms with Crippen LogP contribution < -0.4 is 10.1 Å². The first kappa shape index (κ1) is 22.4. The molecular weight excluding hydrogens is 432 g/mol. The molecule has 0 radical (unpaired) electrons. The van der Waals surface area contributed by atoms with Crippen molar-refractivity contribution in [2.45, 2.75) is 19.7 Å². The Balaban J connectivity index is 1.44. The zero-order valence-corrected chi connectivity index (χ0v) is 18.9. The molecule has 0 saturated heterocycles. The number of carbonyl (C=O) groups excluding carboxylic acids is 1. The summed E-state index contributed by atoms with van der Waals surface area (Å²) in [4.78, 5) is 14.9. The molecule has 0 unspecified atom stereocenters. The van der Waals surface area contributed by atoms with Crippen LogP contribution in [0.4, 0.5) is 10.5 Å². The van der Waals surface area contributed by atoms with Gasteiger partial charge in [0.2, 0.25) is 0 Å². The normalized spacial score (nSPS) is 10.5. The number of ether oxygens (including phenoxy) is 1. The number of halogens is 1. The van der Waals surface area contributed by atoms with Gasteiger partial charge in [0, 0.05) is 23.8 Å². The molecule has 166 valence electrons. The molecule has 0 aliphatic rings. The summed E-state index contributed by atoms with van der Waals surface area (Å²) in [6.07, 6.45) is 0. The van der Waals surface area contributed by atoms with Crippen LogP contribution in [0, 0.1) is 0 Å². The van der Waals surface area contributed by atoms with Crippen LogP contribution in [0.5, 0.6) is 5.75 Å². The fourth-order valence-corrected chi connectivity index (χ4v) is 3.61. The molecule has 0 bridgehead atoms. The van der Waals surface area contributed by atoms with E-state index in [0.717, 1.165) is 22.4 Å². The summed E-state index contributed by atoms with van der Waals surface area (Å²) < 4.78 is 5.88. The van der Waals surface area contributed by atoms with E-state index >= 15 is 0 Å². The van der Waals surface area contributed by atoms with Gasteiger partial charge < -0.3 is 15.0 Å². The SMILES string of the molecule is O=C(Nc1cccc(Cl)c1)N(Cc1ccccc1)Cc1ccc(OCc2ccccc2)cc1. The van der Waals surface area contributed by atoms with Crippen molar-refractivity contribution in [2.24, 2.45) is 0 Å². The summed E-state index contributed by atoms with van der Waals surface area (Å²) in [6, 6.07) is 34.8. The monoisotopic (exact) mass is 456 g/mol. The molecule has 0 aliphatic heterocycles. The Morgan fingerprint density at radius 1 is 0.727 bits per heavy atom. The molecule has 0 aliphatic carbocycles. The van der Waals surface area contributed by atoms with Crippen LogP contribution in [0.2, 0.25) is 5.02 Å². The predicted molar refractivity (Wildman–Crippen MR) is 133 cm³/mol. The summed E-state index contributed by atoms with van der Waals surface area (Å²) in [5.74, 6) is 0.792. The van der Waals surface area contributed by atoms with Gasteiger partial charge in [-0.2, -0.15) is 0 Å². The van der Waals surface area contributed by atoms with Crippen LogP contribution in [-0.4, -0.2) is 10.9 Å². The van der Waals surface area contributed by atoms with Crippen LogP contribution in [0.3, 0.4) is 0 Å². The molecule has 4 rings (SSSR count). The predicted octanol–water partition coefficient (Wildman–Crippen LogP) is 7.15. The first-order chi connectivity index (χ1) is 16.2. The number of nitrogens with zero attached hydrogens (tertiary/aromatic N) is 1. The molecule has 0 heterocycles. The summed E-state index contributed by atoms with van der Waals surface area (Å²) in [7, 11) is 0. The van der Waals surface area contributed by atoms with Crippen molar-refractivity contribution < 1.29 is 9.53 Å². The van der Waals surface area contributed by atoms with Gasteiger partial charge in [-0.1, -0.05) is 90.5 Å². The summed E-state index contributed by atoms with van der Waals surface area (Å²) in [6.45, 7) is 1.46. The van der Waals surface area contributed by atoms with E-state index in [1.807, 2.05) is 97.1 Å². The minimum absolute atomic E-state index is 0.189.